The molecule has 25 heavy (non-hydrogen) atoms. The number of thioether (sulfide) groups is 1. The molecule has 1 heterocycles. The third-order valence-corrected chi connectivity index (χ3v) is 5.08. The van der Waals surface area contributed by atoms with Gasteiger partial charge in [-0.3, -0.25) is 9.36 Å². The van der Waals surface area contributed by atoms with Crippen LogP contribution in [0, 0.1) is 3.57 Å². The Balaban J connectivity index is 1.65. The molecular weight excluding hydrogens is 449 g/mol. The molecule has 0 aliphatic carbocycles. The van der Waals surface area contributed by atoms with Gasteiger partial charge in [-0.05, 0) is 59.0 Å². The summed E-state index contributed by atoms with van der Waals surface area (Å²) in [6, 6.07) is 15.4. The van der Waals surface area contributed by atoms with Crippen molar-refractivity contribution in [2.24, 2.45) is 0 Å². The van der Waals surface area contributed by atoms with Crippen LogP contribution in [-0.4, -0.2) is 28.3 Å². The molecule has 0 aliphatic rings. The van der Waals surface area contributed by atoms with E-state index in [2.05, 4.69) is 32.9 Å². The maximum absolute atomic E-state index is 12.1. The molecule has 0 saturated carbocycles. The highest BCUT2D eigenvalue weighted by Gasteiger charge is 2.10. The number of hydrogen-bond acceptors (Lipinski definition) is 4. The van der Waals surface area contributed by atoms with E-state index < -0.39 is 0 Å². The zero-order chi connectivity index (χ0) is 17.6. The first-order valence-corrected chi connectivity index (χ1v) is 9.58. The van der Waals surface area contributed by atoms with Crippen LogP contribution in [0.15, 0.2) is 66.1 Å². The molecule has 7 heteroatoms. The predicted octanol–water partition coefficient (Wildman–Crippen LogP) is 4.22. The van der Waals surface area contributed by atoms with E-state index >= 15 is 0 Å². The number of carbonyl (C=O) groups is 1. The lowest BCUT2D eigenvalue weighted by Crippen LogP contribution is -2.14. The highest BCUT2D eigenvalue weighted by atomic mass is 127. The molecule has 0 radical (unpaired) electrons. The number of methoxy groups -OCH3 is 1. The average molecular weight is 465 g/mol. The summed E-state index contributed by atoms with van der Waals surface area (Å²) in [5, 5.41) is 3.64. The zero-order valence-corrected chi connectivity index (χ0v) is 16.5. The van der Waals surface area contributed by atoms with Crippen LogP contribution in [0.4, 0.5) is 5.69 Å². The van der Waals surface area contributed by atoms with Crippen molar-refractivity contribution >= 4 is 45.9 Å². The number of halogens is 1. The van der Waals surface area contributed by atoms with Gasteiger partial charge in [-0.2, -0.15) is 0 Å². The lowest BCUT2D eigenvalue weighted by atomic mass is 10.3. The van der Waals surface area contributed by atoms with Crippen molar-refractivity contribution in [1.29, 1.82) is 0 Å². The summed E-state index contributed by atoms with van der Waals surface area (Å²) >= 11 is 3.62. The highest BCUT2D eigenvalue weighted by Crippen LogP contribution is 2.23. The van der Waals surface area contributed by atoms with E-state index in [4.69, 9.17) is 4.74 Å². The number of benzene rings is 2. The van der Waals surface area contributed by atoms with E-state index in [-0.39, 0.29) is 11.7 Å². The van der Waals surface area contributed by atoms with Gasteiger partial charge < -0.3 is 10.1 Å². The SMILES string of the molecule is COc1cccc(-n2ccnc2SCC(=O)Nc2ccc(I)cc2)c1. The summed E-state index contributed by atoms with van der Waals surface area (Å²) in [6.07, 6.45) is 3.59. The number of carbonyl (C=O) groups excluding carboxylic acids is 1. The average Bonchev–Trinajstić information content (AvgIpc) is 3.10. The molecule has 3 rings (SSSR count). The van der Waals surface area contributed by atoms with Gasteiger partial charge in [0.15, 0.2) is 5.16 Å². The van der Waals surface area contributed by atoms with E-state index in [0.29, 0.717) is 0 Å². The topological polar surface area (TPSA) is 56.2 Å². The van der Waals surface area contributed by atoms with Crippen LogP contribution in [0.2, 0.25) is 0 Å². The second-order valence-electron chi connectivity index (χ2n) is 5.13. The van der Waals surface area contributed by atoms with Crippen molar-refractivity contribution in [1.82, 2.24) is 9.55 Å². The molecule has 3 aromatic rings. The Kier molecular flexibility index (Phi) is 5.98. The first-order chi connectivity index (χ1) is 12.2. The summed E-state index contributed by atoms with van der Waals surface area (Å²) in [7, 11) is 1.64. The Labute approximate surface area is 163 Å². The minimum Gasteiger partial charge on any atom is -0.497 e. The van der Waals surface area contributed by atoms with Gasteiger partial charge in [0.2, 0.25) is 5.91 Å². The number of hydrogen-bond donors (Lipinski definition) is 1. The van der Waals surface area contributed by atoms with Crippen molar-refractivity contribution < 1.29 is 9.53 Å². The second-order valence-corrected chi connectivity index (χ2v) is 7.31. The van der Waals surface area contributed by atoms with Gasteiger partial charge in [0.05, 0.1) is 18.6 Å². The fourth-order valence-electron chi connectivity index (χ4n) is 2.21. The molecule has 0 bridgehead atoms. The molecular formula is C18H16IN3O2S. The summed E-state index contributed by atoms with van der Waals surface area (Å²) < 4.78 is 8.33. The molecule has 1 amide bonds. The fraction of sp³-hybridized carbons (Fsp3) is 0.111. The summed E-state index contributed by atoms with van der Waals surface area (Å²) in [4.78, 5) is 16.5. The number of anilines is 1. The molecule has 0 fully saturated rings. The quantitative estimate of drug-likeness (QED) is 0.438. The number of amides is 1. The van der Waals surface area contributed by atoms with Crippen LogP contribution in [-0.2, 0) is 4.79 Å². The van der Waals surface area contributed by atoms with E-state index in [1.165, 1.54) is 11.8 Å². The van der Waals surface area contributed by atoms with E-state index in [1.54, 1.807) is 13.3 Å². The van der Waals surface area contributed by atoms with E-state index in [0.717, 1.165) is 25.9 Å². The van der Waals surface area contributed by atoms with Gasteiger partial charge >= 0.3 is 0 Å². The standard InChI is InChI=1S/C18H16IN3O2S/c1-24-16-4-2-3-15(11-16)22-10-9-20-18(22)25-12-17(23)21-14-7-5-13(19)6-8-14/h2-11H,12H2,1H3,(H,21,23). The smallest absolute Gasteiger partial charge is 0.234 e. The normalized spacial score (nSPS) is 10.5. The van der Waals surface area contributed by atoms with Crippen LogP contribution in [0.1, 0.15) is 0 Å². The van der Waals surface area contributed by atoms with Crippen LogP contribution in [0.3, 0.4) is 0 Å². The Hall–Kier alpha value is -2.00. The van der Waals surface area contributed by atoms with Gasteiger partial charge in [0.25, 0.3) is 0 Å². The van der Waals surface area contributed by atoms with E-state index in [1.807, 2.05) is 59.3 Å². The zero-order valence-electron chi connectivity index (χ0n) is 13.5. The minimum absolute atomic E-state index is 0.0635. The summed E-state index contributed by atoms with van der Waals surface area (Å²) in [5.74, 6) is 0.998. The Bertz CT molecular complexity index is 865. The minimum atomic E-state index is -0.0635. The van der Waals surface area contributed by atoms with Gasteiger partial charge in [0, 0.05) is 27.7 Å². The molecule has 0 unspecified atom stereocenters. The third kappa shape index (κ3) is 4.76. The van der Waals surface area contributed by atoms with Crippen LogP contribution < -0.4 is 10.1 Å². The predicted molar refractivity (Wildman–Crippen MR) is 109 cm³/mol. The first kappa shape index (κ1) is 17.8. The Morgan fingerprint density at radius 3 is 2.84 bits per heavy atom. The first-order valence-electron chi connectivity index (χ1n) is 7.52. The molecule has 1 N–H and O–H groups in total. The number of rotatable bonds is 6. The number of nitrogens with one attached hydrogen (secondary N) is 1. The Morgan fingerprint density at radius 1 is 1.28 bits per heavy atom. The van der Waals surface area contributed by atoms with Crippen LogP contribution in [0.5, 0.6) is 5.75 Å². The van der Waals surface area contributed by atoms with E-state index in [9.17, 15) is 4.79 Å². The summed E-state index contributed by atoms with van der Waals surface area (Å²) in [5.41, 5.74) is 1.74. The van der Waals surface area contributed by atoms with Crippen molar-refractivity contribution in [3.05, 3.63) is 64.5 Å². The van der Waals surface area contributed by atoms with Crippen molar-refractivity contribution in [2.75, 3.05) is 18.2 Å². The van der Waals surface area contributed by atoms with Gasteiger partial charge in [0.1, 0.15) is 5.75 Å². The number of imidazole rings is 1. The molecule has 0 saturated heterocycles. The van der Waals surface area contributed by atoms with Crippen molar-refractivity contribution in [3.8, 4) is 11.4 Å². The third-order valence-electron chi connectivity index (χ3n) is 3.40. The molecule has 128 valence electrons. The Morgan fingerprint density at radius 2 is 2.08 bits per heavy atom. The van der Waals surface area contributed by atoms with Gasteiger partial charge in [-0.15, -0.1) is 0 Å². The maximum atomic E-state index is 12.1. The molecule has 2 aromatic carbocycles. The van der Waals surface area contributed by atoms with Crippen molar-refractivity contribution in [2.45, 2.75) is 5.16 Å². The van der Waals surface area contributed by atoms with Crippen LogP contribution in [0.25, 0.3) is 5.69 Å². The second kappa shape index (κ2) is 8.39. The molecule has 0 aliphatic heterocycles. The van der Waals surface area contributed by atoms with Gasteiger partial charge in [-0.1, -0.05) is 17.8 Å². The lowest BCUT2D eigenvalue weighted by Gasteiger charge is -2.09. The monoisotopic (exact) mass is 465 g/mol. The fourth-order valence-corrected chi connectivity index (χ4v) is 3.35. The number of ether oxygens (including phenoxy) is 1. The van der Waals surface area contributed by atoms with Crippen molar-refractivity contribution in [3.63, 3.8) is 0 Å². The van der Waals surface area contributed by atoms with Gasteiger partial charge in [-0.25, -0.2) is 4.98 Å². The highest BCUT2D eigenvalue weighted by molar-refractivity contribution is 14.1. The van der Waals surface area contributed by atoms with Crippen LogP contribution >= 0.6 is 34.4 Å². The molecule has 1 aromatic heterocycles. The summed E-state index contributed by atoms with van der Waals surface area (Å²) in [6.45, 7) is 0. The lowest BCUT2D eigenvalue weighted by molar-refractivity contribution is -0.113. The molecule has 5 nitrogen and oxygen atoms in total. The maximum Gasteiger partial charge on any atom is 0.234 e. The number of aromatic nitrogens is 2. The number of nitrogens with zero attached hydrogens (tertiary/aromatic N) is 2. The molecule has 0 spiro atoms. The largest absolute Gasteiger partial charge is 0.497 e. The molecule has 0 atom stereocenters.